The van der Waals surface area contributed by atoms with Crippen LogP contribution in [0.25, 0.3) is 6.08 Å². The van der Waals surface area contributed by atoms with E-state index in [2.05, 4.69) is 10.3 Å². The molecule has 0 aliphatic carbocycles. The number of aliphatic imine (C=N–C) groups is 1. The number of aryl methyl sites for hydroxylation is 1. The van der Waals surface area contributed by atoms with Crippen LogP contribution in [-0.2, 0) is 4.79 Å². The number of nitrogens with zero attached hydrogens (tertiary/aromatic N) is 1. The maximum Gasteiger partial charge on any atom is 0.264 e. The Hall–Kier alpha value is -1.56. The maximum absolute atomic E-state index is 12.0. The fourth-order valence-electron chi connectivity index (χ4n) is 1.97. The lowest BCUT2D eigenvalue weighted by Crippen LogP contribution is -2.19. The molecule has 1 aliphatic rings. The molecule has 0 saturated carbocycles. The lowest BCUT2D eigenvalue weighted by Gasteiger charge is -2.02. The van der Waals surface area contributed by atoms with Crippen LogP contribution in [0.15, 0.2) is 40.2 Å². The molecule has 3 rings (SSSR count). The number of halogens is 1. The molecule has 1 N–H and O–H groups in total. The smallest absolute Gasteiger partial charge is 0.264 e. The van der Waals surface area contributed by atoms with Crippen LogP contribution >= 0.6 is 34.7 Å². The molecule has 2 aromatic rings. The van der Waals surface area contributed by atoms with Crippen molar-refractivity contribution in [2.75, 3.05) is 0 Å². The van der Waals surface area contributed by atoms with Gasteiger partial charge in [-0.2, -0.15) is 0 Å². The Bertz CT molecular complexity index is 808. The van der Waals surface area contributed by atoms with Crippen LogP contribution in [0.4, 0.5) is 5.69 Å². The third-order valence-corrected chi connectivity index (χ3v) is 5.41. The van der Waals surface area contributed by atoms with Crippen molar-refractivity contribution in [2.45, 2.75) is 13.8 Å². The Morgan fingerprint density at radius 2 is 2.05 bits per heavy atom. The molecule has 0 atom stereocenters. The summed E-state index contributed by atoms with van der Waals surface area (Å²) in [6, 6.07) is 9.61. The van der Waals surface area contributed by atoms with E-state index in [1.54, 1.807) is 11.3 Å². The third kappa shape index (κ3) is 3.27. The molecule has 0 unspecified atom stereocenters. The van der Waals surface area contributed by atoms with Gasteiger partial charge in [0.1, 0.15) is 0 Å². The van der Waals surface area contributed by atoms with Crippen molar-refractivity contribution in [1.82, 2.24) is 5.32 Å². The van der Waals surface area contributed by atoms with Crippen LogP contribution in [0.5, 0.6) is 0 Å². The van der Waals surface area contributed by atoms with E-state index in [4.69, 9.17) is 11.6 Å². The molecule has 22 heavy (non-hydrogen) atoms. The van der Waals surface area contributed by atoms with E-state index >= 15 is 0 Å². The third-order valence-electron chi connectivity index (χ3n) is 3.15. The first-order chi connectivity index (χ1) is 10.5. The minimum absolute atomic E-state index is 0.116. The predicted molar refractivity (Wildman–Crippen MR) is 96.1 cm³/mol. The quantitative estimate of drug-likeness (QED) is 0.783. The standard InChI is InChI=1S/C16H13ClN2OS2/c1-9-6-7-11(21-9)8-14-15(20)19-16(22-14)18-13-5-3-4-12(17)10(13)2/h3-8H,1-2H3,(H,18,19,20)/b14-8+. The highest BCUT2D eigenvalue weighted by Gasteiger charge is 2.24. The van der Waals surface area contributed by atoms with E-state index in [-0.39, 0.29) is 5.91 Å². The van der Waals surface area contributed by atoms with Crippen molar-refractivity contribution in [1.29, 1.82) is 0 Å². The van der Waals surface area contributed by atoms with Crippen molar-refractivity contribution in [3.63, 3.8) is 0 Å². The van der Waals surface area contributed by atoms with Crippen molar-refractivity contribution >= 4 is 57.5 Å². The lowest BCUT2D eigenvalue weighted by molar-refractivity contribution is -0.115. The Balaban J connectivity index is 1.87. The normalized spacial score (nSPS) is 18.2. The first-order valence-corrected chi connectivity index (χ1v) is 8.65. The van der Waals surface area contributed by atoms with Gasteiger partial charge in [-0.05, 0) is 61.5 Å². The molecule has 1 aromatic heterocycles. The molecule has 112 valence electrons. The number of rotatable bonds is 2. The van der Waals surface area contributed by atoms with E-state index in [1.807, 2.05) is 50.3 Å². The number of benzene rings is 1. The maximum atomic E-state index is 12.0. The number of hydrogen-bond acceptors (Lipinski definition) is 4. The van der Waals surface area contributed by atoms with Crippen LogP contribution in [0.3, 0.4) is 0 Å². The van der Waals surface area contributed by atoms with Gasteiger partial charge >= 0.3 is 0 Å². The average molecular weight is 349 g/mol. The Morgan fingerprint density at radius 3 is 2.77 bits per heavy atom. The van der Waals surface area contributed by atoms with Crippen LogP contribution in [0.2, 0.25) is 5.02 Å². The number of hydrogen-bond donors (Lipinski definition) is 1. The Morgan fingerprint density at radius 1 is 1.23 bits per heavy atom. The van der Waals surface area contributed by atoms with Gasteiger partial charge in [-0.15, -0.1) is 11.3 Å². The summed E-state index contributed by atoms with van der Waals surface area (Å²) in [7, 11) is 0. The van der Waals surface area contributed by atoms with Gasteiger partial charge in [-0.3, -0.25) is 4.79 Å². The summed E-state index contributed by atoms with van der Waals surface area (Å²) in [5, 5.41) is 4.04. The fourth-order valence-corrected chi connectivity index (χ4v) is 3.86. The highest BCUT2D eigenvalue weighted by molar-refractivity contribution is 8.18. The molecule has 6 heteroatoms. The molecule has 0 spiro atoms. The summed E-state index contributed by atoms with van der Waals surface area (Å²) < 4.78 is 0. The second kappa shape index (κ2) is 6.28. The van der Waals surface area contributed by atoms with Gasteiger partial charge < -0.3 is 5.32 Å². The van der Waals surface area contributed by atoms with Gasteiger partial charge in [0.15, 0.2) is 5.17 Å². The van der Waals surface area contributed by atoms with Gasteiger partial charge in [0, 0.05) is 14.8 Å². The van der Waals surface area contributed by atoms with Crippen molar-refractivity contribution in [3.8, 4) is 0 Å². The van der Waals surface area contributed by atoms with Gasteiger partial charge in [0.05, 0.1) is 10.6 Å². The highest BCUT2D eigenvalue weighted by atomic mass is 35.5. The van der Waals surface area contributed by atoms with Crippen molar-refractivity contribution < 1.29 is 4.79 Å². The van der Waals surface area contributed by atoms with Crippen LogP contribution in [-0.4, -0.2) is 11.1 Å². The van der Waals surface area contributed by atoms with Crippen molar-refractivity contribution in [2.24, 2.45) is 4.99 Å². The molecule has 0 bridgehead atoms. The molecule has 2 heterocycles. The molecule has 1 fully saturated rings. The second-order valence-corrected chi connectivity index (χ2v) is 7.57. The van der Waals surface area contributed by atoms with Gasteiger partial charge in [0.25, 0.3) is 5.91 Å². The molecular formula is C16H13ClN2OS2. The van der Waals surface area contributed by atoms with E-state index in [0.29, 0.717) is 15.1 Å². The molecule has 1 amide bonds. The SMILES string of the molecule is Cc1ccc(/C=C2/SC(=Nc3cccc(Cl)c3C)NC2=O)s1. The van der Waals surface area contributed by atoms with Gasteiger partial charge in [-0.1, -0.05) is 17.7 Å². The number of nitrogens with one attached hydrogen (secondary N) is 1. The zero-order chi connectivity index (χ0) is 15.7. The largest absolute Gasteiger partial charge is 0.300 e. The summed E-state index contributed by atoms with van der Waals surface area (Å²) >= 11 is 9.10. The number of carbonyl (C=O) groups is 1. The predicted octanol–water partition coefficient (Wildman–Crippen LogP) is 4.91. The Kier molecular flexibility index (Phi) is 4.38. The zero-order valence-corrected chi connectivity index (χ0v) is 14.4. The molecular weight excluding hydrogens is 336 g/mol. The molecule has 1 aliphatic heterocycles. The van der Waals surface area contributed by atoms with Crippen LogP contribution < -0.4 is 5.32 Å². The number of thiophene rings is 1. The Labute approximate surface area is 142 Å². The summed E-state index contributed by atoms with van der Waals surface area (Å²) in [5.74, 6) is -0.116. The topological polar surface area (TPSA) is 41.5 Å². The fraction of sp³-hybridized carbons (Fsp3) is 0.125. The number of amides is 1. The summed E-state index contributed by atoms with van der Waals surface area (Å²) in [4.78, 5) is 19.5. The molecule has 1 aromatic carbocycles. The number of amidine groups is 1. The van der Waals surface area contributed by atoms with Crippen LogP contribution in [0.1, 0.15) is 15.3 Å². The summed E-state index contributed by atoms with van der Waals surface area (Å²) in [6.07, 6.45) is 1.89. The zero-order valence-electron chi connectivity index (χ0n) is 12.0. The molecule has 0 radical (unpaired) electrons. The van der Waals surface area contributed by atoms with E-state index < -0.39 is 0 Å². The van der Waals surface area contributed by atoms with Crippen LogP contribution in [0, 0.1) is 13.8 Å². The van der Waals surface area contributed by atoms with Crippen molar-refractivity contribution in [3.05, 3.63) is 55.6 Å². The van der Waals surface area contributed by atoms with Gasteiger partial charge in [0.2, 0.25) is 0 Å². The minimum Gasteiger partial charge on any atom is -0.300 e. The van der Waals surface area contributed by atoms with E-state index in [1.165, 1.54) is 16.6 Å². The second-order valence-electron chi connectivity index (χ2n) is 4.81. The minimum atomic E-state index is -0.116. The lowest BCUT2D eigenvalue weighted by atomic mass is 10.2. The van der Waals surface area contributed by atoms with E-state index in [9.17, 15) is 4.79 Å². The first kappa shape index (κ1) is 15.3. The highest BCUT2D eigenvalue weighted by Crippen LogP contribution is 2.31. The van der Waals surface area contributed by atoms with Gasteiger partial charge in [-0.25, -0.2) is 4.99 Å². The number of carbonyl (C=O) groups excluding carboxylic acids is 1. The summed E-state index contributed by atoms with van der Waals surface area (Å²) in [5.41, 5.74) is 1.67. The number of thioether (sulfide) groups is 1. The average Bonchev–Trinajstić information content (AvgIpc) is 3.02. The summed E-state index contributed by atoms with van der Waals surface area (Å²) in [6.45, 7) is 3.96. The monoisotopic (exact) mass is 348 g/mol. The molecule has 1 saturated heterocycles. The molecule has 3 nitrogen and oxygen atoms in total. The van der Waals surface area contributed by atoms with E-state index in [0.717, 1.165) is 16.1 Å². The first-order valence-electron chi connectivity index (χ1n) is 6.64.